The van der Waals surface area contributed by atoms with Crippen LogP contribution in [0, 0.1) is 0 Å². The topological polar surface area (TPSA) is 166 Å². The second-order valence-electron chi connectivity index (χ2n) is 6.56. The molecule has 5 N–H and O–H groups in total. The maximum absolute atomic E-state index is 12.3. The molecule has 1 fully saturated rings. The van der Waals surface area contributed by atoms with Gasteiger partial charge in [0.2, 0.25) is 0 Å². The van der Waals surface area contributed by atoms with Crippen molar-refractivity contribution in [1.82, 2.24) is 25.0 Å². The normalized spacial score (nSPS) is 25.9. The molecule has 2 unspecified atom stereocenters. The van der Waals surface area contributed by atoms with Crippen molar-refractivity contribution in [3.63, 3.8) is 0 Å². The van der Waals surface area contributed by atoms with Crippen molar-refractivity contribution in [2.75, 3.05) is 6.61 Å². The Bertz CT molecular complexity index is 887. The second-order valence-corrected chi connectivity index (χ2v) is 6.56. The van der Waals surface area contributed by atoms with Crippen LogP contribution in [0.25, 0.3) is 0 Å². The summed E-state index contributed by atoms with van der Waals surface area (Å²) in [5.74, 6) is 0.155. The van der Waals surface area contributed by atoms with E-state index in [9.17, 15) is 24.9 Å². The molecule has 11 heteroatoms. The second kappa shape index (κ2) is 7.11. The average molecular weight is 367 g/mol. The molecule has 1 saturated heterocycles. The van der Waals surface area contributed by atoms with Crippen molar-refractivity contribution >= 4 is 0 Å². The van der Waals surface area contributed by atoms with Crippen molar-refractivity contribution in [3.8, 4) is 0 Å². The van der Waals surface area contributed by atoms with Gasteiger partial charge in [-0.05, 0) is 5.92 Å². The summed E-state index contributed by atoms with van der Waals surface area (Å²) in [6, 6.07) is 0. The van der Waals surface area contributed by atoms with Crippen LogP contribution in [-0.2, 0) is 11.3 Å². The van der Waals surface area contributed by atoms with Crippen LogP contribution in [0.15, 0.2) is 15.8 Å². The number of H-pyrrole nitrogens is 2. The van der Waals surface area contributed by atoms with Gasteiger partial charge in [0.25, 0.3) is 5.56 Å². The molecule has 0 spiro atoms. The molecule has 1 aliphatic rings. The van der Waals surface area contributed by atoms with Gasteiger partial charge in [0, 0.05) is 6.20 Å². The number of nitrogens with zero attached hydrogens (tertiary/aromatic N) is 3. The molecule has 3 heterocycles. The Morgan fingerprint density at radius 2 is 2.00 bits per heavy atom. The zero-order chi connectivity index (χ0) is 19.0. The summed E-state index contributed by atoms with van der Waals surface area (Å²) in [7, 11) is 0. The van der Waals surface area contributed by atoms with Crippen LogP contribution < -0.4 is 11.2 Å². The lowest BCUT2D eigenvalue weighted by molar-refractivity contribution is -0.0235. The minimum atomic E-state index is -1.43. The number of aliphatic hydroxyl groups excluding tert-OH is 3. The third-order valence-corrected chi connectivity index (χ3v) is 4.36. The molecule has 0 saturated carbocycles. The number of aliphatic hydroxyl groups is 3. The highest BCUT2D eigenvalue weighted by molar-refractivity contribution is 5.23. The van der Waals surface area contributed by atoms with E-state index in [1.54, 1.807) is 6.20 Å². The average Bonchev–Trinajstić information content (AvgIpc) is 3.14. The minimum absolute atomic E-state index is 0.0146. The predicted molar refractivity (Wildman–Crippen MR) is 87.6 cm³/mol. The highest BCUT2D eigenvalue weighted by atomic mass is 16.6. The molecule has 4 atom stereocenters. The van der Waals surface area contributed by atoms with Gasteiger partial charge in [-0.15, -0.1) is 5.10 Å². The van der Waals surface area contributed by atoms with Crippen LogP contribution in [0.3, 0.4) is 0 Å². The van der Waals surface area contributed by atoms with E-state index < -0.39 is 42.3 Å². The van der Waals surface area contributed by atoms with E-state index in [0.29, 0.717) is 0 Å². The Morgan fingerprint density at radius 3 is 2.58 bits per heavy atom. The first-order valence-electron chi connectivity index (χ1n) is 8.19. The van der Waals surface area contributed by atoms with E-state index in [1.807, 2.05) is 13.8 Å². The van der Waals surface area contributed by atoms with E-state index in [2.05, 4.69) is 20.3 Å². The maximum atomic E-state index is 12.3. The Hall–Kier alpha value is -2.34. The first-order valence-corrected chi connectivity index (χ1v) is 8.19. The molecule has 142 valence electrons. The summed E-state index contributed by atoms with van der Waals surface area (Å²) in [4.78, 5) is 28.6. The fraction of sp³-hybridized carbons (Fsp3) is 0.600. The first kappa shape index (κ1) is 18.5. The summed E-state index contributed by atoms with van der Waals surface area (Å²) >= 11 is 0. The predicted octanol–water partition coefficient (Wildman–Crippen LogP) is -2.02. The largest absolute Gasteiger partial charge is 0.394 e. The number of nitrogens with one attached hydrogen (secondary N) is 2. The Kier molecular flexibility index (Phi) is 5.05. The van der Waals surface area contributed by atoms with Crippen LogP contribution >= 0.6 is 0 Å². The summed E-state index contributed by atoms with van der Waals surface area (Å²) in [6.45, 7) is 3.40. The number of aromatic amines is 2. The van der Waals surface area contributed by atoms with E-state index in [-0.39, 0.29) is 23.7 Å². The van der Waals surface area contributed by atoms with Crippen LogP contribution in [0.5, 0.6) is 0 Å². The van der Waals surface area contributed by atoms with Gasteiger partial charge in [0.1, 0.15) is 24.4 Å². The molecule has 0 aliphatic carbocycles. The first-order chi connectivity index (χ1) is 12.3. The van der Waals surface area contributed by atoms with Crippen molar-refractivity contribution < 1.29 is 20.1 Å². The third kappa shape index (κ3) is 3.33. The molecule has 0 bridgehead atoms. The SMILES string of the molecule is CC(C)c1cn(Cc2[nH]c(=O)[nH]c(=O)c2[C@@H]2O[C@H](CO)C(O)C2O)nn1. The number of hydrogen-bond donors (Lipinski definition) is 5. The number of rotatable bonds is 5. The summed E-state index contributed by atoms with van der Waals surface area (Å²) in [5.41, 5.74) is -0.582. The van der Waals surface area contributed by atoms with Crippen LogP contribution in [0.2, 0.25) is 0 Å². The fourth-order valence-corrected chi connectivity index (χ4v) is 2.92. The van der Waals surface area contributed by atoms with E-state index >= 15 is 0 Å². The van der Waals surface area contributed by atoms with Crippen molar-refractivity contribution in [1.29, 1.82) is 0 Å². The Labute approximate surface area is 147 Å². The summed E-state index contributed by atoms with van der Waals surface area (Å²) in [5, 5.41) is 37.4. The molecular formula is C15H21N5O6. The molecule has 1 aliphatic heterocycles. The van der Waals surface area contributed by atoms with Crippen molar-refractivity contribution in [2.45, 2.75) is 50.7 Å². The van der Waals surface area contributed by atoms with Gasteiger partial charge >= 0.3 is 5.69 Å². The Morgan fingerprint density at radius 1 is 1.27 bits per heavy atom. The summed E-state index contributed by atoms with van der Waals surface area (Å²) in [6.07, 6.45) is -3.34. The third-order valence-electron chi connectivity index (χ3n) is 4.36. The smallest absolute Gasteiger partial charge is 0.325 e. The highest BCUT2D eigenvalue weighted by Crippen LogP contribution is 2.33. The summed E-state index contributed by atoms with van der Waals surface area (Å²) < 4.78 is 6.88. The van der Waals surface area contributed by atoms with E-state index in [4.69, 9.17) is 4.74 Å². The lowest BCUT2D eigenvalue weighted by atomic mass is 10.0. The minimum Gasteiger partial charge on any atom is -0.394 e. The molecule has 0 aromatic carbocycles. The molecule has 11 nitrogen and oxygen atoms in total. The maximum Gasteiger partial charge on any atom is 0.325 e. The fourth-order valence-electron chi connectivity index (χ4n) is 2.92. The van der Waals surface area contributed by atoms with Crippen LogP contribution in [0.1, 0.15) is 42.8 Å². The number of ether oxygens (including phenoxy) is 1. The van der Waals surface area contributed by atoms with Gasteiger partial charge in [-0.2, -0.15) is 0 Å². The number of hydrogen-bond acceptors (Lipinski definition) is 8. The zero-order valence-corrected chi connectivity index (χ0v) is 14.3. The van der Waals surface area contributed by atoms with Crippen molar-refractivity contribution in [2.24, 2.45) is 0 Å². The zero-order valence-electron chi connectivity index (χ0n) is 14.3. The molecule has 2 aromatic rings. The van der Waals surface area contributed by atoms with Crippen molar-refractivity contribution in [3.05, 3.63) is 44.0 Å². The molecule has 0 amide bonds. The highest BCUT2D eigenvalue weighted by Gasteiger charge is 2.45. The van der Waals surface area contributed by atoms with Gasteiger partial charge in [-0.3, -0.25) is 9.78 Å². The molecule has 3 rings (SSSR count). The lowest BCUT2D eigenvalue weighted by Crippen LogP contribution is -2.35. The van der Waals surface area contributed by atoms with Crippen LogP contribution in [-0.4, -0.2) is 65.2 Å². The van der Waals surface area contributed by atoms with Gasteiger partial charge in [-0.25, -0.2) is 9.48 Å². The molecular weight excluding hydrogens is 346 g/mol. The molecule has 2 aromatic heterocycles. The van der Waals surface area contributed by atoms with E-state index in [0.717, 1.165) is 5.69 Å². The quantitative estimate of drug-likeness (QED) is 0.404. The van der Waals surface area contributed by atoms with Gasteiger partial charge in [0.15, 0.2) is 0 Å². The van der Waals surface area contributed by atoms with E-state index in [1.165, 1.54) is 4.68 Å². The lowest BCUT2D eigenvalue weighted by Gasteiger charge is -2.17. The number of aromatic nitrogens is 5. The van der Waals surface area contributed by atoms with Crippen LogP contribution in [0.4, 0.5) is 0 Å². The Balaban J connectivity index is 2.00. The molecule has 26 heavy (non-hydrogen) atoms. The monoisotopic (exact) mass is 367 g/mol. The van der Waals surface area contributed by atoms with Gasteiger partial charge < -0.3 is 25.0 Å². The standard InChI is InChI=1S/C15H21N5O6/c1-6(2)7-3-20(19-18-7)4-8-10(14(24)17-15(25)16-8)13-12(23)11(22)9(5-21)26-13/h3,6,9,11-13,21-23H,4-5H2,1-2H3,(H2,16,17,24,25)/t9-,11?,12?,13+/m1/s1. The molecule has 0 radical (unpaired) electrons. The van der Waals surface area contributed by atoms with Gasteiger partial charge in [-0.1, -0.05) is 19.1 Å². The van der Waals surface area contributed by atoms with Gasteiger partial charge in [0.05, 0.1) is 30.1 Å².